The van der Waals surface area contributed by atoms with Crippen LogP contribution in [0.25, 0.3) is 0 Å². The van der Waals surface area contributed by atoms with Gasteiger partial charge in [0.1, 0.15) is 5.54 Å². The minimum absolute atomic E-state index is 0.198. The lowest BCUT2D eigenvalue weighted by Gasteiger charge is -2.22. The van der Waals surface area contributed by atoms with Crippen LogP contribution < -0.4 is 5.32 Å². The Morgan fingerprint density at radius 1 is 1.00 bits per heavy atom. The fourth-order valence-corrected chi connectivity index (χ4v) is 4.71. The number of nitrogens with zero attached hydrogens (tertiary/aromatic N) is 1. The number of hydrogen-bond acceptors (Lipinski definition) is 3. The summed E-state index contributed by atoms with van der Waals surface area (Å²) in [6.45, 7) is -0.215. The maximum Gasteiger partial charge on any atom is 0.325 e. The van der Waals surface area contributed by atoms with Gasteiger partial charge in [0, 0.05) is 5.56 Å². The van der Waals surface area contributed by atoms with Crippen molar-refractivity contribution in [1.29, 1.82) is 0 Å². The van der Waals surface area contributed by atoms with Gasteiger partial charge in [0.05, 0.1) is 6.54 Å². The molecule has 1 atom stereocenters. The van der Waals surface area contributed by atoms with E-state index in [0.29, 0.717) is 12.0 Å². The predicted molar refractivity (Wildman–Crippen MR) is 99.5 cm³/mol. The highest BCUT2D eigenvalue weighted by atomic mass is 16.2. The summed E-state index contributed by atoms with van der Waals surface area (Å²) in [5, 5.41) is 2.87. The van der Waals surface area contributed by atoms with Gasteiger partial charge < -0.3 is 5.32 Å². The molecule has 1 N–H and O–H groups in total. The first-order valence-electron chi connectivity index (χ1n) is 9.46. The van der Waals surface area contributed by atoms with Crippen LogP contribution in [0.1, 0.15) is 45.5 Å². The molecule has 5 nitrogen and oxygen atoms in total. The molecule has 1 heterocycles. The maximum atomic E-state index is 13.1. The summed E-state index contributed by atoms with van der Waals surface area (Å²) < 4.78 is 0. The Bertz CT molecular complexity index is 997. The standard InChI is InChI=1S/C22H20N2O3/c25-19(17-9-8-14-5-3-6-16(14)12-17)13-24-20(26)22(23-21(24)27)11-10-15-4-1-2-7-18(15)22/h1-2,4,7-9,12H,3,5-6,10-11,13H2,(H,23,27). The zero-order chi connectivity index (χ0) is 18.6. The third kappa shape index (κ3) is 2.34. The van der Waals surface area contributed by atoms with E-state index in [-0.39, 0.29) is 18.2 Å². The largest absolute Gasteiger partial charge is 0.325 e. The highest BCUT2D eigenvalue weighted by Crippen LogP contribution is 2.41. The second-order valence-corrected chi connectivity index (χ2v) is 7.64. The van der Waals surface area contributed by atoms with E-state index in [4.69, 9.17) is 0 Å². The van der Waals surface area contributed by atoms with Crippen LogP contribution in [0, 0.1) is 0 Å². The number of carbonyl (C=O) groups is 3. The minimum atomic E-state index is -1.01. The van der Waals surface area contributed by atoms with Crippen molar-refractivity contribution in [2.75, 3.05) is 6.54 Å². The molecule has 1 fully saturated rings. The Kier molecular flexibility index (Phi) is 3.47. The Morgan fingerprint density at radius 2 is 1.81 bits per heavy atom. The van der Waals surface area contributed by atoms with Gasteiger partial charge in [-0.2, -0.15) is 0 Å². The van der Waals surface area contributed by atoms with Gasteiger partial charge in [0.15, 0.2) is 5.78 Å². The van der Waals surface area contributed by atoms with Crippen molar-refractivity contribution in [2.24, 2.45) is 0 Å². The average Bonchev–Trinajstić information content (AvgIpc) is 3.35. The van der Waals surface area contributed by atoms with E-state index in [1.54, 1.807) is 0 Å². The normalized spacial score (nSPS) is 22.9. The van der Waals surface area contributed by atoms with Gasteiger partial charge in [0.25, 0.3) is 5.91 Å². The molecule has 0 saturated carbocycles. The molecule has 1 spiro atoms. The minimum Gasteiger partial charge on any atom is -0.319 e. The van der Waals surface area contributed by atoms with E-state index >= 15 is 0 Å². The summed E-state index contributed by atoms with van der Waals surface area (Å²) in [6, 6.07) is 12.9. The third-order valence-electron chi connectivity index (χ3n) is 6.14. The number of benzene rings is 2. The van der Waals surface area contributed by atoms with E-state index < -0.39 is 11.6 Å². The molecule has 2 aromatic rings. The molecule has 2 aromatic carbocycles. The zero-order valence-electron chi connectivity index (χ0n) is 15.0. The molecule has 27 heavy (non-hydrogen) atoms. The Hall–Kier alpha value is -2.95. The molecule has 3 aliphatic rings. The van der Waals surface area contributed by atoms with Gasteiger partial charge >= 0.3 is 6.03 Å². The van der Waals surface area contributed by atoms with Crippen LogP contribution in [0.2, 0.25) is 0 Å². The Labute approximate surface area is 157 Å². The Morgan fingerprint density at radius 3 is 2.70 bits per heavy atom. The van der Waals surface area contributed by atoms with Crippen LogP contribution in [0.5, 0.6) is 0 Å². The number of ketones is 1. The van der Waals surface area contributed by atoms with Gasteiger partial charge in [-0.25, -0.2) is 4.79 Å². The summed E-state index contributed by atoms with van der Waals surface area (Å²) >= 11 is 0. The number of hydrogen-bond donors (Lipinski definition) is 1. The summed E-state index contributed by atoms with van der Waals surface area (Å²) in [7, 11) is 0. The molecule has 2 aliphatic carbocycles. The molecule has 0 bridgehead atoms. The molecule has 0 radical (unpaired) electrons. The molecular weight excluding hydrogens is 340 g/mol. The van der Waals surface area contributed by atoms with Crippen molar-refractivity contribution < 1.29 is 14.4 Å². The van der Waals surface area contributed by atoms with Gasteiger partial charge in [-0.15, -0.1) is 0 Å². The topological polar surface area (TPSA) is 66.5 Å². The van der Waals surface area contributed by atoms with Crippen molar-refractivity contribution in [3.63, 3.8) is 0 Å². The summed E-state index contributed by atoms with van der Waals surface area (Å²) in [5.74, 6) is -0.511. The van der Waals surface area contributed by atoms with E-state index in [9.17, 15) is 14.4 Å². The summed E-state index contributed by atoms with van der Waals surface area (Å²) in [4.78, 5) is 39.5. The first-order chi connectivity index (χ1) is 13.1. The molecule has 5 rings (SSSR count). The van der Waals surface area contributed by atoms with Gasteiger partial charge in [-0.1, -0.05) is 36.4 Å². The SMILES string of the molecule is O=C(CN1C(=O)NC2(CCc3ccccc32)C1=O)c1ccc2c(c1)CCC2. The molecule has 136 valence electrons. The van der Waals surface area contributed by atoms with Crippen LogP contribution in [0.3, 0.4) is 0 Å². The van der Waals surface area contributed by atoms with Gasteiger partial charge in [-0.05, 0) is 60.4 Å². The first-order valence-corrected chi connectivity index (χ1v) is 9.46. The zero-order valence-corrected chi connectivity index (χ0v) is 15.0. The molecule has 3 amide bonds. The van der Waals surface area contributed by atoms with Crippen molar-refractivity contribution in [3.8, 4) is 0 Å². The van der Waals surface area contributed by atoms with Crippen molar-refractivity contribution >= 4 is 17.7 Å². The molecule has 1 unspecified atom stereocenters. The van der Waals surface area contributed by atoms with E-state index in [2.05, 4.69) is 5.32 Å². The highest BCUT2D eigenvalue weighted by Gasteiger charge is 2.55. The molecule has 5 heteroatoms. The lowest BCUT2D eigenvalue weighted by atomic mass is 9.92. The number of imide groups is 1. The van der Waals surface area contributed by atoms with Gasteiger partial charge in [0.2, 0.25) is 0 Å². The quantitative estimate of drug-likeness (QED) is 0.676. The maximum absolute atomic E-state index is 13.1. The monoisotopic (exact) mass is 360 g/mol. The van der Waals surface area contributed by atoms with Crippen LogP contribution >= 0.6 is 0 Å². The second kappa shape index (κ2) is 5.78. The number of Topliss-reactive ketones (excluding diaryl/α,β-unsaturated/α-hetero) is 1. The lowest BCUT2D eigenvalue weighted by Crippen LogP contribution is -2.42. The molecule has 1 saturated heterocycles. The van der Waals surface area contributed by atoms with Crippen LogP contribution in [0.15, 0.2) is 42.5 Å². The van der Waals surface area contributed by atoms with Gasteiger partial charge in [-0.3, -0.25) is 14.5 Å². The van der Waals surface area contributed by atoms with Crippen LogP contribution in [-0.2, 0) is 29.6 Å². The lowest BCUT2D eigenvalue weighted by molar-refractivity contribution is -0.131. The predicted octanol–water partition coefficient (Wildman–Crippen LogP) is 2.75. The average molecular weight is 360 g/mol. The van der Waals surface area contributed by atoms with E-state index in [0.717, 1.165) is 41.7 Å². The van der Waals surface area contributed by atoms with Crippen LogP contribution in [0.4, 0.5) is 4.79 Å². The van der Waals surface area contributed by atoms with Crippen molar-refractivity contribution in [2.45, 2.75) is 37.6 Å². The summed E-state index contributed by atoms with van der Waals surface area (Å²) in [6.07, 6.45) is 4.44. The number of aryl methyl sites for hydroxylation is 3. The number of carbonyl (C=O) groups excluding carboxylic acids is 3. The first kappa shape index (κ1) is 16.2. The van der Waals surface area contributed by atoms with E-state index in [1.807, 2.05) is 42.5 Å². The molecule has 0 aromatic heterocycles. The van der Waals surface area contributed by atoms with Crippen LogP contribution in [-0.4, -0.2) is 29.2 Å². The smallest absolute Gasteiger partial charge is 0.319 e. The van der Waals surface area contributed by atoms with Crippen molar-refractivity contribution in [1.82, 2.24) is 10.2 Å². The summed E-state index contributed by atoms with van der Waals surface area (Å²) in [5.41, 5.74) is 4.01. The Balaban J connectivity index is 1.41. The van der Waals surface area contributed by atoms with E-state index in [1.165, 1.54) is 11.1 Å². The third-order valence-corrected chi connectivity index (χ3v) is 6.14. The fraction of sp³-hybridized carbons (Fsp3) is 0.318. The number of amides is 3. The number of urea groups is 1. The molecular formula is C22H20N2O3. The number of nitrogens with one attached hydrogen (secondary N) is 1. The molecule has 1 aliphatic heterocycles. The second-order valence-electron chi connectivity index (χ2n) is 7.64. The highest BCUT2D eigenvalue weighted by molar-refractivity contribution is 6.11. The number of fused-ring (bicyclic) bond motifs is 3. The van der Waals surface area contributed by atoms with Crippen molar-refractivity contribution in [3.05, 3.63) is 70.3 Å². The number of rotatable bonds is 3. The fourth-order valence-electron chi connectivity index (χ4n) is 4.71.